The molecule has 2 heterocycles. The Kier molecular flexibility index (Phi) is 3.52. The minimum absolute atomic E-state index is 0.364. The SMILES string of the molecule is COc1nc2ccccc2cc1-c1ccc(C(C)C)nn1. The summed E-state index contributed by atoms with van der Waals surface area (Å²) in [4.78, 5) is 4.54. The van der Waals surface area contributed by atoms with Gasteiger partial charge in [-0.1, -0.05) is 32.0 Å². The molecule has 21 heavy (non-hydrogen) atoms. The van der Waals surface area contributed by atoms with Crippen molar-refractivity contribution < 1.29 is 4.74 Å². The van der Waals surface area contributed by atoms with Gasteiger partial charge in [-0.05, 0) is 30.2 Å². The summed E-state index contributed by atoms with van der Waals surface area (Å²) in [5, 5.41) is 9.65. The summed E-state index contributed by atoms with van der Waals surface area (Å²) in [6, 6.07) is 14.0. The highest BCUT2D eigenvalue weighted by molar-refractivity contribution is 5.85. The number of benzene rings is 1. The fourth-order valence-corrected chi connectivity index (χ4v) is 2.23. The largest absolute Gasteiger partial charge is 0.480 e. The van der Waals surface area contributed by atoms with E-state index in [1.54, 1.807) is 7.11 Å². The van der Waals surface area contributed by atoms with Crippen LogP contribution in [0.15, 0.2) is 42.5 Å². The highest BCUT2D eigenvalue weighted by Crippen LogP contribution is 2.30. The van der Waals surface area contributed by atoms with Crippen molar-refractivity contribution in [2.24, 2.45) is 0 Å². The molecule has 3 aromatic rings. The van der Waals surface area contributed by atoms with Crippen LogP contribution in [0.2, 0.25) is 0 Å². The average Bonchev–Trinajstić information content (AvgIpc) is 2.53. The van der Waals surface area contributed by atoms with Crippen LogP contribution in [0.25, 0.3) is 22.2 Å². The number of para-hydroxylation sites is 1. The van der Waals surface area contributed by atoms with Crippen LogP contribution in [0.3, 0.4) is 0 Å². The van der Waals surface area contributed by atoms with Gasteiger partial charge in [0.1, 0.15) is 0 Å². The summed E-state index contributed by atoms with van der Waals surface area (Å²) in [5.74, 6) is 0.934. The van der Waals surface area contributed by atoms with Crippen LogP contribution < -0.4 is 4.74 Å². The molecule has 106 valence electrons. The molecule has 0 aliphatic carbocycles. The van der Waals surface area contributed by atoms with Gasteiger partial charge in [0.2, 0.25) is 5.88 Å². The second-order valence-corrected chi connectivity index (χ2v) is 5.24. The fraction of sp³-hybridized carbons (Fsp3) is 0.235. The van der Waals surface area contributed by atoms with E-state index in [1.165, 1.54) is 0 Å². The van der Waals surface area contributed by atoms with Crippen LogP contribution in [-0.4, -0.2) is 22.3 Å². The van der Waals surface area contributed by atoms with Crippen LogP contribution in [0.5, 0.6) is 5.88 Å². The van der Waals surface area contributed by atoms with E-state index in [-0.39, 0.29) is 0 Å². The van der Waals surface area contributed by atoms with Crippen molar-refractivity contribution in [2.45, 2.75) is 19.8 Å². The van der Waals surface area contributed by atoms with Crippen LogP contribution in [0, 0.1) is 0 Å². The van der Waals surface area contributed by atoms with Crippen LogP contribution in [-0.2, 0) is 0 Å². The molecule has 0 N–H and O–H groups in total. The highest BCUT2D eigenvalue weighted by Gasteiger charge is 2.12. The summed E-state index contributed by atoms with van der Waals surface area (Å²) in [7, 11) is 1.62. The topological polar surface area (TPSA) is 47.9 Å². The number of fused-ring (bicyclic) bond motifs is 1. The van der Waals surface area contributed by atoms with Gasteiger partial charge in [0, 0.05) is 5.39 Å². The first-order chi connectivity index (χ1) is 10.2. The quantitative estimate of drug-likeness (QED) is 0.731. The van der Waals surface area contributed by atoms with Gasteiger partial charge in [-0.3, -0.25) is 0 Å². The zero-order valence-electron chi connectivity index (χ0n) is 12.4. The molecule has 4 heteroatoms. The zero-order chi connectivity index (χ0) is 14.8. The predicted molar refractivity (Wildman–Crippen MR) is 83.4 cm³/mol. The molecule has 0 saturated heterocycles. The van der Waals surface area contributed by atoms with Crippen LogP contribution in [0.1, 0.15) is 25.5 Å². The number of ether oxygens (including phenoxy) is 1. The van der Waals surface area contributed by atoms with Crippen molar-refractivity contribution in [1.29, 1.82) is 0 Å². The summed E-state index contributed by atoms with van der Waals surface area (Å²) >= 11 is 0. The maximum atomic E-state index is 5.41. The molecule has 2 aromatic heterocycles. The van der Waals surface area contributed by atoms with E-state index in [0.717, 1.165) is 27.9 Å². The first-order valence-electron chi connectivity index (χ1n) is 6.97. The van der Waals surface area contributed by atoms with Crippen molar-refractivity contribution >= 4 is 10.9 Å². The highest BCUT2D eigenvalue weighted by atomic mass is 16.5. The van der Waals surface area contributed by atoms with E-state index in [0.29, 0.717) is 11.8 Å². The number of rotatable bonds is 3. The maximum absolute atomic E-state index is 5.41. The molecule has 1 aromatic carbocycles. The summed E-state index contributed by atoms with van der Waals surface area (Å²) in [6.07, 6.45) is 0. The second kappa shape index (κ2) is 5.48. The Balaban J connectivity index is 2.13. The molecular weight excluding hydrogens is 262 g/mol. The molecule has 3 rings (SSSR count). The Hall–Kier alpha value is -2.49. The van der Waals surface area contributed by atoms with E-state index in [2.05, 4.69) is 29.0 Å². The lowest BCUT2D eigenvalue weighted by Crippen LogP contribution is -1.98. The van der Waals surface area contributed by atoms with E-state index < -0.39 is 0 Å². The smallest absolute Gasteiger partial charge is 0.223 e. The maximum Gasteiger partial charge on any atom is 0.223 e. The number of hydrogen-bond acceptors (Lipinski definition) is 4. The second-order valence-electron chi connectivity index (χ2n) is 5.24. The van der Waals surface area contributed by atoms with Crippen molar-refractivity contribution in [3.05, 3.63) is 48.2 Å². The van der Waals surface area contributed by atoms with Gasteiger partial charge in [-0.25, -0.2) is 4.98 Å². The number of methoxy groups -OCH3 is 1. The monoisotopic (exact) mass is 279 g/mol. The van der Waals surface area contributed by atoms with Crippen molar-refractivity contribution in [1.82, 2.24) is 15.2 Å². The van der Waals surface area contributed by atoms with Crippen molar-refractivity contribution in [2.75, 3.05) is 7.11 Å². The number of pyridine rings is 1. The fourth-order valence-electron chi connectivity index (χ4n) is 2.23. The van der Waals surface area contributed by atoms with E-state index in [4.69, 9.17) is 4.74 Å². The summed E-state index contributed by atoms with van der Waals surface area (Å²) < 4.78 is 5.41. The molecule has 0 fully saturated rings. The van der Waals surface area contributed by atoms with Gasteiger partial charge in [-0.15, -0.1) is 0 Å². The standard InChI is InChI=1S/C17H17N3O/c1-11(2)14-8-9-16(20-19-14)13-10-12-6-4-5-7-15(12)18-17(13)21-3/h4-11H,1-3H3. The van der Waals surface area contributed by atoms with Gasteiger partial charge in [0.15, 0.2) is 0 Å². The number of nitrogens with zero attached hydrogens (tertiary/aromatic N) is 3. The lowest BCUT2D eigenvalue weighted by atomic mass is 10.1. The Morgan fingerprint density at radius 3 is 2.48 bits per heavy atom. The lowest BCUT2D eigenvalue weighted by molar-refractivity contribution is 0.401. The van der Waals surface area contributed by atoms with E-state index in [1.807, 2.05) is 42.5 Å². The Labute approximate surface area is 123 Å². The predicted octanol–water partition coefficient (Wildman–Crippen LogP) is 3.82. The van der Waals surface area contributed by atoms with E-state index >= 15 is 0 Å². The van der Waals surface area contributed by atoms with Gasteiger partial charge in [-0.2, -0.15) is 10.2 Å². The van der Waals surface area contributed by atoms with E-state index in [9.17, 15) is 0 Å². The molecule has 0 aliphatic rings. The molecule has 0 atom stereocenters. The first-order valence-corrected chi connectivity index (χ1v) is 6.97. The van der Waals surface area contributed by atoms with Gasteiger partial charge in [0.05, 0.1) is 29.6 Å². The third-order valence-electron chi connectivity index (χ3n) is 3.44. The minimum Gasteiger partial charge on any atom is -0.480 e. The first kappa shape index (κ1) is 13.5. The summed E-state index contributed by atoms with van der Waals surface area (Å²) in [6.45, 7) is 4.20. The lowest BCUT2D eigenvalue weighted by Gasteiger charge is -2.09. The molecule has 0 saturated carbocycles. The molecule has 4 nitrogen and oxygen atoms in total. The molecular formula is C17H17N3O. The van der Waals surface area contributed by atoms with Crippen LogP contribution in [0.4, 0.5) is 0 Å². The summed E-state index contributed by atoms with van der Waals surface area (Å²) in [5.41, 5.74) is 3.52. The number of hydrogen-bond donors (Lipinski definition) is 0. The molecule has 0 aliphatic heterocycles. The minimum atomic E-state index is 0.364. The molecule has 0 bridgehead atoms. The zero-order valence-corrected chi connectivity index (χ0v) is 12.4. The Morgan fingerprint density at radius 1 is 1.00 bits per heavy atom. The normalized spacial score (nSPS) is 11.0. The third kappa shape index (κ3) is 2.57. The molecule has 0 amide bonds. The van der Waals surface area contributed by atoms with Gasteiger partial charge < -0.3 is 4.74 Å². The van der Waals surface area contributed by atoms with Crippen molar-refractivity contribution in [3.8, 4) is 17.1 Å². The number of aromatic nitrogens is 3. The van der Waals surface area contributed by atoms with Gasteiger partial charge >= 0.3 is 0 Å². The van der Waals surface area contributed by atoms with Crippen molar-refractivity contribution in [3.63, 3.8) is 0 Å². The molecule has 0 radical (unpaired) electrons. The average molecular weight is 279 g/mol. The Morgan fingerprint density at radius 2 is 1.81 bits per heavy atom. The Bertz CT molecular complexity index is 767. The van der Waals surface area contributed by atoms with Crippen LogP contribution >= 0.6 is 0 Å². The molecule has 0 spiro atoms. The third-order valence-corrected chi connectivity index (χ3v) is 3.44. The molecule has 0 unspecified atom stereocenters. The van der Waals surface area contributed by atoms with Gasteiger partial charge in [0.25, 0.3) is 0 Å².